The molecule has 0 fully saturated rings. The van der Waals surface area contributed by atoms with Crippen molar-refractivity contribution in [1.29, 1.82) is 0 Å². The van der Waals surface area contributed by atoms with Crippen LogP contribution in [-0.4, -0.2) is 16.1 Å². The van der Waals surface area contributed by atoms with Crippen LogP contribution < -0.4 is 5.32 Å². The Morgan fingerprint density at radius 1 is 1.35 bits per heavy atom. The number of carbonyl (C=O) groups is 1. The summed E-state index contributed by atoms with van der Waals surface area (Å²) in [5, 5.41) is 11.8. The zero-order valence-electron chi connectivity index (χ0n) is 9.32. The molecule has 1 N–H and O–H groups in total. The molecule has 1 heterocycles. The Morgan fingerprint density at radius 2 is 2.12 bits per heavy atom. The first-order valence-corrected chi connectivity index (χ1v) is 6.55. The molecular weight excluding hydrogens is 302 g/mol. The number of aromatic nitrogens is 2. The second-order valence-corrected chi connectivity index (χ2v) is 5.58. The van der Waals surface area contributed by atoms with Crippen molar-refractivity contribution in [3.63, 3.8) is 0 Å². The molecule has 17 heavy (non-hydrogen) atoms. The predicted octanol–water partition coefficient (Wildman–Crippen LogP) is 3.17. The standard InChI is InChI=1S/C11H10BrN3OS/c1-6-5-8(3-4-9(6)12)10(16)13-11-15-14-7(2)17-11/h3-5H,1-2H3,(H,13,15,16). The third-order valence-electron chi connectivity index (χ3n) is 2.17. The second-order valence-electron chi connectivity index (χ2n) is 3.54. The van der Waals surface area contributed by atoms with Gasteiger partial charge in [-0.1, -0.05) is 27.3 Å². The Hall–Kier alpha value is -1.27. The van der Waals surface area contributed by atoms with Crippen molar-refractivity contribution in [2.75, 3.05) is 5.32 Å². The van der Waals surface area contributed by atoms with E-state index in [0.717, 1.165) is 15.0 Å². The maximum Gasteiger partial charge on any atom is 0.257 e. The average Bonchev–Trinajstić information content (AvgIpc) is 2.68. The number of halogens is 1. The van der Waals surface area contributed by atoms with Gasteiger partial charge in [0.1, 0.15) is 5.01 Å². The van der Waals surface area contributed by atoms with Gasteiger partial charge < -0.3 is 0 Å². The van der Waals surface area contributed by atoms with Crippen LogP contribution in [0.4, 0.5) is 5.13 Å². The number of aryl methyl sites for hydroxylation is 2. The topological polar surface area (TPSA) is 54.9 Å². The van der Waals surface area contributed by atoms with Crippen LogP contribution in [0, 0.1) is 13.8 Å². The largest absolute Gasteiger partial charge is 0.296 e. The third kappa shape index (κ3) is 2.89. The molecule has 1 amide bonds. The predicted molar refractivity (Wildman–Crippen MR) is 71.5 cm³/mol. The highest BCUT2D eigenvalue weighted by Gasteiger charge is 2.09. The van der Waals surface area contributed by atoms with E-state index in [4.69, 9.17) is 0 Å². The summed E-state index contributed by atoms with van der Waals surface area (Å²) in [5.74, 6) is -0.170. The van der Waals surface area contributed by atoms with Crippen LogP contribution in [0.5, 0.6) is 0 Å². The Morgan fingerprint density at radius 3 is 2.71 bits per heavy atom. The monoisotopic (exact) mass is 311 g/mol. The number of benzene rings is 1. The van der Waals surface area contributed by atoms with Crippen molar-refractivity contribution in [2.45, 2.75) is 13.8 Å². The van der Waals surface area contributed by atoms with Gasteiger partial charge in [-0.05, 0) is 37.6 Å². The molecule has 2 aromatic rings. The number of rotatable bonds is 2. The minimum atomic E-state index is -0.170. The lowest BCUT2D eigenvalue weighted by molar-refractivity contribution is 0.102. The van der Waals surface area contributed by atoms with Crippen molar-refractivity contribution in [2.24, 2.45) is 0 Å². The first kappa shape index (κ1) is 12.2. The Bertz CT molecular complexity index is 568. The molecule has 0 aliphatic heterocycles. The summed E-state index contributed by atoms with van der Waals surface area (Å²) >= 11 is 4.75. The molecule has 2 rings (SSSR count). The number of hydrogen-bond donors (Lipinski definition) is 1. The smallest absolute Gasteiger partial charge is 0.257 e. The fourth-order valence-electron chi connectivity index (χ4n) is 1.30. The highest BCUT2D eigenvalue weighted by atomic mass is 79.9. The van der Waals surface area contributed by atoms with Gasteiger partial charge >= 0.3 is 0 Å². The highest BCUT2D eigenvalue weighted by Crippen LogP contribution is 2.19. The first-order valence-electron chi connectivity index (χ1n) is 4.94. The summed E-state index contributed by atoms with van der Waals surface area (Å²) in [5.41, 5.74) is 1.63. The number of hydrogen-bond acceptors (Lipinski definition) is 4. The first-order chi connectivity index (χ1) is 8.06. The molecule has 4 nitrogen and oxygen atoms in total. The summed E-state index contributed by atoms with van der Waals surface area (Å²) < 4.78 is 0.987. The maximum absolute atomic E-state index is 11.9. The van der Waals surface area contributed by atoms with Gasteiger partial charge in [0.15, 0.2) is 0 Å². The third-order valence-corrected chi connectivity index (χ3v) is 3.81. The summed E-state index contributed by atoms with van der Waals surface area (Å²) in [6, 6.07) is 5.45. The lowest BCUT2D eigenvalue weighted by atomic mass is 10.1. The summed E-state index contributed by atoms with van der Waals surface area (Å²) in [6.45, 7) is 3.78. The molecule has 0 saturated heterocycles. The van der Waals surface area contributed by atoms with Gasteiger partial charge in [-0.25, -0.2) is 0 Å². The number of anilines is 1. The number of carbonyl (C=O) groups excluding carboxylic acids is 1. The van der Waals surface area contributed by atoms with Crippen molar-refractivity contribution < 1.29 is 4.79 Å². The lowest BCUT2D eigenvalue weighted by Crippen LogP contribution is -2.11. The van der Waals surface area contributed by atoms with E-state index in [0.29, 0.717) is 10.7 Å². The van der Waals surface area contributed by atoms with Crippen LogP contribution in [0.15, 0.2) is 22.7 Å². The zero-order chi connectivity index (χ0) is 12.4. The van der Waals surface area contributed by atoms with Gasteiger partial charge in [-0.15, -0.1) is 10.2 Å². The molecule has 0 aliphatic rings. The molecule has 0 bridgehead atoms. The lowest BCUT2D eigenvalue weighted by Gasteiger charge is -2.03. The van der Waals surface area contributed by atoms with Crippen molar-refractivity contribution >= 4 is 38.3 Å². The molecule has 0 radical (unpaired) electrons. The number of amides is 1. The minimum absolute atomic E-state index is 0.170. The second kappa shape index (κ2) is 4.93. The fourth-order valence-corrected chi connectivity index (χ4v) is 2.14. The van der Waals surface area contributed by atoms with Gasteiger partial charge in [-0.2, -0.15) is 0 Å². The van der Waals surface area contributed by atoms with E-state index in [2.05, 4.69) is 31.4 Å². The van der Waals surface area contributed by atoms with Crippen LogP contribution in [-0.2, 0) is 0 Å². The van der Waals surface area contributed by atoms with E-state index >= 15 is 0 Å². The van der Waals surface area contributed by atoms with Crippen LogP contribution >= 0.6 is 27.3 Å². The normalized spacial score (nSPS) is 10.3. The molecule has 6 heteroatoms. The summed E-state index contributed by atoms with van der Waals surface area (Å²) in [6.07, 6.45) is 0. The van der Waals surface area contributed by atoms with Gasteiger partial charge in [-0.3, -0.25) is 10.1 Å². The van der Waals surface area contributed by atoms with E-state index in [9.17, 15) is 4.79 Å². The molecule has 1 aromatic carbocycles. The molecule has 0 aliphatic carbocycles. The van der Waals surface area contributed by atoms with Crippen molar-refractivity contribution in [3.8, 4) is 0 Å². The van der Waals surface area contributed by atoms with Crippen molar-refractivity contribution in [3.05, 3.63) is 38.8 Å². The summed E-state index contributed by atoms with van der Waals surface area (Å²) in [4.78, 5) is 11.9. The Kier molecular flexibility index (Phi) is 3.54. The Balaban J connectivity index is 2.17. The van der Waals surface area contributed by atoms with Crippen LogP contribution in [0.1, 0.15) is 20.9 Å². The van der Waals surface area contributed by atoms with Gasteiger partial charge in [0.05, 0.1) is 0 Å². The van der Waals surface area contributed by atoms with Crippen LogP contribution in [0.25, 0.3) is 0 Å². The highest BCUT2D eigenvalue weighted by molar-refractivity contribution is 9.10. The van der Waals surface area contributed by atoms with E-state index in [1.54, 1.807) is 6.07 Å². The van der Waals surface area contributed by atoms with E-state index < -0.39 is 0 Å². The van der Waals surface area contributed by atoms with Gasteiger partial charge in [0.25, 0.3) is 5.91 Å². The van der Waals surface area contributed by atoms with E-state index in [1.807, 2.05) is 26.0 Å². The molecule has 0 atom stereocenters. The zero-order valence-corrected chi connectivity index (χ0v) is 11.7. The molecule has 1 aromatic heterocycles. The van der Waals surface area contributed by atoms with Crippen LogP contribution in [0.3, 0.4) is 0 Å². The van der Waals surface area contributed by atoms with Gasteiger partial charge in [0, 0.05) is 10.0 Å². The average molecular weight is 312 g/mol. The molecule has 88 valence electrons. The van der Waals surface area contributed by atoms with Crippen molar-refractivity contribution in [1.82, 2.24) is 10.2 Å². The SMILES string of the molecule is Cc1nnc(NC(=O)c2ccc(Br)c(C)c2)s1. The van der Waals surface area contributed by atoms with E-state index in [-0.39, 0.29) is 5.91 Å². The molecule has 0 spiro atoms. The molecule has 0 saturated carbocycles. The maximum atomic E-state index is 11.9. The minimum Gasteiger partial charge on any atom is -0.296 e. The molecule has 0 unspecified atom stereocenters. The molecular formula is C11H10BrN3OS. The number of nitrogens with zero attached hydrogens (tertiary/aromatic N) is 2. The van der Waals surface area contributed by atoms with Crippen LogP contribution in [0.2, 0.25) is 0 Å². The quantitative estimate of drug-likeness (QED) is 0.926. The fraction of sp³-hybridized carbons (Fsp3) is 0.182. The number of nitrogens with one attached hydrogen (secondary N) is 1. The van der Waals surface area contributed by atoms with Gasteiger partial charge in [0.2, 0.25) is 5.13 Å². The Labute approximate surface area is 111 Å². The summed E-state index contributed by atoms with van der Waals surface area (Å²) in [7, 11) is 0. The van der Waals surface area contributed by atoms with E-state index in [1.165, 1.54) is 11.3 Å².